The molecule has 0 aromatic carbocycles. The van der Waals surface area contributed by atoms with E-state index in [-0.39, 0.29) is 11.6 Å². The first-order valence-electron chi connectivity index (χ1n) is 4.59. The number of nitrogens with zero attached hydrogens (tertiary/aromatic N) is 1. The molecule has 0 spiro atoms. The van der Waals surface area contributed by atoms with E-state index in [1.807, 2.05) is 18.3 Å². The lowest BCUT2D eigenvalue weighted by atomic mass is 10.1. The molecule has 0 aliphatic heterocycles. The molecule has 2 nitrogen and oxygen atoms in total. The normalized spacial score (nSPS) is 12.4. The highest BCUT2D eigenvalue weighted by atomic mass is 16.1. The molecule has 0 bridgehead atoms. The zero-order chi connectivity index (χ0) is 9.68. The molecule has 0 radical (unpaired) electrons. The van der Waals surface area contributed by atoms with Crippen LogP contribution in [0.2, 0.25) is 0 Å². The predicted octanol–water partition coefficient (Wildman–Crippen LogP) is 2.38. The van der Waals surface area contributed by atoms with Gasteiger partial charge in [0, 0.05) is 12.3 Å². The SMILES string of the molecule is C=C[C@@H](CCC)n1ccccc1=O. The van der Waals surface area contributed by atoms with E-state index in [0.717, 1.165) is 12.8 Å². The minimum atomic E-state index is 0.0425. The second-order valence-electron chi connectivity index (χ2n) is 3.04. The van der Waals surface area contributed by atoms with Gasteiger partial charge in [0.15, 0.2) is 0 Å². The molecular formula is C11H15NO. The summed E-state index contributed by atoms with van der Waals surface area (Å²) in [5, 5.41) is 0. The van der Waals surface area contributed by atoms with E-state index >= 15 is 0 Å². The molecule has 0 saturated carbocycles. The van der Waals surface area contributed by atoms with Crippen molar-refractivity contribution >= 4 is 0 Å². The number of rotatable bonds is 4. The second-order valence-corrected chi connectivity index (χ2v) is 3.04. The number of allylic oxidation sites excluding steroid dienone is 1. The van der Waals surface area contributed by atoms with Crippen molar-refractivity contribution in [1.82, 2.24) is 4.57 Å². The van der Waals surface area contributed by atoms with E-state index in [4.69, 9.17) is 0 Å². The lowest BCUT2D eigenvalue weighted by molar-refractivity contribution is 0.534. The first kappa shape index (κ1) is 9.78. The zero-order valence-corrected chi connectivity index (χ0v) is 7.94. The highest BCUT2D eigenvalue weighted by Crippen LogP contribution is 2.11. The van der Waals surface area contributed by atoms with Crippen molar-refractivity contribution in [3.8, 4) is 0 Å². The molecule has 70 valence electrons. The second kappa shape index (κ2) is 4.65. The summed E-state index contributed by atoms with van der Waals surface area (Å²) in [4.78, 5) is 11.4. The van der Waals surface area contributed by atoms with Gasteiger partial charge in [0.2, 0.25) is 0 Å². The van der Waals surface area contributed by atoms with Crippen LogP contribution < -0.4 is 5.56 Å². The molecule has 1 rings (SSSR count). The van der Waals surface area contributed by atoms with E-state index in [0.29, 0.717) is 0 Å². The van der Waals surface area contributed by atoms with Crippen molar-refractivity contribution in [1.29, 1.82) is 0 Å². The van der Waals surface area contributed by atoms with E-state index in [2.05, 4.69) is 13.5 Å². The van der Waals surface area contributed by atoms with E-state index in [9.17, 15) is 4.79 Å². The van der Waals surface area contributed by atoms with Crippen molar-refractivity contribution in [3.05, 3.63) is 47.4 Å². The molecule has 13 heavy (non-hydrogen) atoms. The third-order valence-corrected chi connectivity index (χ3v) is 2.06. The summed E-state index contributed by atoms with van der Waals surface area (Å²) in [5.41, 5.74) is 0.0425. The van der Waals surface area contributed by atoms with Crippen molar-refractivity contribution in [2.75, 3.05) is 0 Å². The van der Waals surface area contributed by atoms with Crippen molar-refractivity contribution in [2.45, 2.75) is 25.8 Å². The quantitative estimate of drug-likeness (QED) is 0.647. The van der Waals surface area contributed by atoms with Gasteiger partial charge < -0.3 is 4.57 Å². The fourth-order valence-corrected chi connectivity index (χ4v) is 1.38. The fraction of sp³-hybridized carbons (Fsp3) is 0.364. The van der Waals surface area contributed by atoms with Crippen LogP contribution in [0.3, 0.4) is 0 Å². The molecule has 0 N–H and O–H groups in total. The largest absolute Gasteiger partial charge is 0.309 e. The first-order chi connectivity index (χ1) is 6.29. The summed E-state index contributed by atoms with van der Waals surface area (Å²) in [7, 11) is 0. The highest BCUT2D eigenvalue weighted by Gasteiger charge is 2.04. The van der Waals surface area contributed by atoms with Crippen LogP contribution in [0.15, 0.2) is 41.8 Å². The van der Waals surface area contributed by atoms with Gasteiger partial charge >= 0.3 is 0 Å². The minimum Gasteiger partial charge on any atom is -0.309 e. The molecular weight excluding hydrogens is 162 g/mol. The molecule has 0 amide bonds. The van der Waals surface area contributed by atoms with Crippen LogP contribution in [0, 0.1) is 0 Å². The Bertz CT molecular complexity index is 327. The molecule has 1 atom stereocenters. The maximum atomic E-state index is 11.4. The topological polar surface area (TPSA) is 22.0 Å². The third-order valence-electron chi connectivity index (χ3n) is 2.06. The molecule has 0 saturated heterocycles. The standard InChI is InChI=1S/C11H15NO/c1-3-7-10(4-2)12-9-6-5-8-11(12)13/h4-6,8-10H,2-3,7H2,1H3/t10-/m0/s1. The zero-order valence-electron chi connectivity index (χ0n) is 7.94. The molecule has 0 aliphatic rings. The summed E-state index contributed by atoms with van der Waals surface area (Å²) in [6, 6.07) is 5.34. The van der Waals surface area contributed by atoms with Gasteiger partial charge in [-0.1, -0.05) is 25.5 Å². The maximum absolute atomic E-state index is 11.4. The van der Waals surface area contributed by atoms with Gasteiger partial charge in [0.05, 0.1) is 6.04 Å². The van der Waals surface area contributed by atoms with Crippen LogP contribution in [0.1, 0.15) is 25.8 Å². The summed E-state index contributed by atoms with van der Waals surface area (Å²) in [6.45, 7) is 5.84. The minimum absolute atomic E-state index is 0.0425. The number of aromatic nitrogens is 1. The van der Waals surface area contributed by atoms with Gasteiger partial charge in [0.25, 0.3) is 5.56 Å². The monoisotopic (exact) mass is 177 g/mol. The lowest BCUT2D eigenvalue weighted by Crippen LogP contribution is -2.21. The van der Waals surface area contributed by atoms with E-state index < -0.39 is 0 Å². The van der Waals surface area contributed by atoms with Gasteiger partial charge in [-0.25, -0.2) is 0 Å². The van der Waals surface area contributed by atoms with Gasteiger partial charge in [-0.05, 0) is 12.5 Å². The Labute approximate surface area is 78.5 Å². The third kappa shape index (κ3) is 2.31. The van der Waals surface area contributed by atoms with Crippen molar-refractivity contribution in [2.24, 2.45) is 0 Å². The Morgan fingerprint density at radius 3 is 2.92 bits per heavy atom. The molecule has 0 fully saturated rings. The van der Waals surface area contributed by atoms with Crippen LogP contribution in [0.25, 0.3) is 0 Å². The van der Waals surface area contributed by atoms with Crippen molar-refractivity contribution < 1.29 is 0 Å². The van der Waals surface area contributed by atoms with Gasteiger partial charge in [-0.15, -0.1) is 6.58 Å². The van der Waals surface area contributed by atoms with Crippen LogP contribution >= 0.6 is 0 Å². The number of hydrogen-bond acceptors (Lipinski definition) is 1. The Morgan fingerprint density at radius 2 is 2.38 bits per heavy atom. The van der Waals surface area contributed by atoms with Crippen LogP contribution in [0.4, 0.5) is 0 Å². The van der Waals surface area contributed by atoms with Crippen LogP contribution in [-0.4, -0.2) is 4.57 Å². The van der Waals surface area contributed by atoms with E-state index in [1.54, 1.807) is 16.7 Å². The Hall–Kier alpha value is -1.31. The fourth-order valence-electron chi connectivity index (χ4n) is 1.38. The molecule has 1 aromatic heterocycles. The smallest absolute Gasteiger partial charge is 0.251 e. The Kier molecular flexibility index (Phi) is 3.50. The Balaban J connectivity index is 2.97. The molecule has 1 aromatic rings. The maximum Gasteiger partial charge on any atom is 0.251 e. The van der Waals surface area contributed by atoms with Gasteiger partial charge in [-0.3, -0.25) is 4.79 Å². The van der Waals surface area contributed by atoms with Crippen LogP contribution in [-0.2, 0) is 0 Å². The average molecular weight is 177 g/mol. The highest BCUT2D eigenvalue weighted by molar-refractivity contribution is 4.98. The number of pyridine rings is 1. The van der Waals surface area contributed by atoms with E-state index in [1.165, 1.54) is 0 Å². The predicted molar refractivity (Wildman–Crippen MR) is 54.8 cm³/mol. The summed E-state index contributed by atoms with van der Waals surface area (Å²) >= 11 is 0. The van der Waals surface area contributed by atoms with Gasteiger partial charge in [0.1, 0.15) is 0 Å². The summed E-state index contributed by atoms with van der Waals surface area (Å²) < 4.78 is 1.72. The Morgan fingerprint density at radius 1 is 1.62 bits per heavy atom. The summed E-state index contributed by atoms with van der Waals surface area (Å²) in [6.07, 6.45) is 5.65. The lowest BCUT2D eigenvalue weighted by Gasteiger charge is -2.14. The number of hydrogen-bond donors (Lipinski definition) is 0. The summed E-state index contributed by atoms with van der Waals surface area (Å²) in [5.74, 6) is 0. The first-order valence-corrected chi connectivity index (χ1v) is 4.59. The van der Waals surface area contributed by atoms with Crippen molar-refractivity contribution in [3.63, 3.8) is 0 Å². The molecule has 0 aliphatic carbocycles. The molecule has 2 heteroatoms. The van der Waals surface area contributed by atoms with Crippen LogP contribution in [0.5, 0.6) is 0 Å². The average Bonchev–Trinajstić information content (AvgIpc) is 2.16. The van der Waals surface area contributed by atoms with Gasteiger partial charge in [-0.2, -0.15) is 0 Å². The molecule has 0 unspecified atom stereocenters. The molecule has 1 heterocycles.